The van der Waals surface area contributed by atoms with Gasteiger partial charge < -0.3 is 15.8 Å². The van der Waals surface area contributed by atoms with Crippen LogP contribution >= 0.6 is 0 Å². The SMILES string of the molecule is CC(N)CCCNC(=O)OCc1ccccc1. The summed E-state index contributed by atoms with van der Waals surface area (Å²) in [6, 6.07) is 9.78. The average Bonchev–Trinajstić information content (AvgIpc) is 2.33. The highest BCUT2D eigenvalue weighted by molar-refractivity contribution is 5.67. The van der Waals surface area contributed by atoms with Crippen molar-refractivity contribution in [1.82, 2.24) is 5.32 Å². The number of carbonyl (C=O) groups excluding carboxylic acids is 1. The molecule has 17 heavy (non-hydrogen) atoms. The molecule has 3 N–H and O–H groups in total. The van der Waals surface area contributed by atoms with E-state index in [1.54, 1.807) is 0 Å². The lowest BCUT2D eigenvalue weighted by Gasteiger charge is -2.08. The third-order valence-electron chi connectivity index (χ3n) is 2.32. The summed E-state index contributed by atoms with van der Waals surface area (Å²) >= 11 is 0. The van der Waals surface area contributed by atoms with Gasteiger partial charge in [-0.15, -0.1) is 0 Å². The number of alkyl carbamates (subject to hydrolysis) is 1. The van der Waals surface area contributed by atoms with Crippen molar-refractivity contribution in [2.75, 3.05) is 6.54 Å². The molecular formula is C13H20N2O2. The second-order valence-corrected chi connectivity index (χ2v) is 4.11. The zero-order valence-electron chi connectivity index (χ0n) is 10.2. The molecule has 1 atom stereocenters. The van der Waals surface area contributed by atoms with E-state index in [1.807, 2.05) is 37.3 Å². The minimum atomic E-state index is -0.376. The van der Waals surface area contributed by atoms with Gasteiger partial charge in [-0.1, -0.05) is 30.3 Å². The summed E-state index contributed by atoms with van der Waals surface area (Å²) in [6.45, 7) is 2.86. The lowest BCUT2D eigenvalue weighted by Crippen LogP contribution is -2.26. The van der Waals surface area contributed by atoms with Crippen molar-refractivity contribution in [3.8, 4) is 0 Å². The van der Waals surface area contributed by atoms with Crippen LogP contribution in [0.25, 0.3) is 0 Å². The highest BCUT2D eigenvalue weighted by Crippen LogP contribution is 2.00. The summed E-state index contributed by atoms with van der Waals surface area (Å²) in [4.78, 5) is 11.3. The smallest absolute Gasteiger partial charge is 0.407 e. The summed E-state index contributed by atoms with van der Waals surface area (Å²) in [5.74, 6) is 0. The third kappa shape index (κ3) is 6.58. The van der Waals surface area contributed by atoms with Crippen LogP contribution < -0.4 is 11.1 Å². The highest BCUT2D eigenvalue weighted by Gasteiger charge is 2.01. The first kappa shape index (κ1) is 13.5. The van der Waals surface area contributed by atoms with Gasteiger partial charge in [-0.05, 0) is 25.3 Å². The monoisotopic (exact) mass is 236 g/mol. The van der Waals surface area contributed by atoms with Gasteiger partial charge in [-0.25, -0.2) is 4.79 Å². The molecule has 0 fully saturated rings. The average molecular weight is 236 g/mol. The summed E-state index contributed by atoms with van der Waals surface area (Å²) in [6.07, 6.45) is 1.40. The fourth-order valence-electron chi connectivity index (χ4n) is 1.39. The molecule has 0 aliphatic heterocycles. The van der Waals surface area contributed by atoms with Crippen LogP contribution in [-0.4, -0.2) is 18.7 Å². The van der Waals surface area contributed by atoms with Crippen molar-refractivity contribution in [3.63, 3.8) is 0 Å². The van der Waals surface area contributed by atoms with Crippen LogP contribution in [-0.2, 0) is 11.3 Å². The van der Waals surface area contributed by atoms with E-state index in [0.717, 1.165) is 18.4 Å². The fraction of sp³-hybridized carbons (Fsp3) is 0.462. The molecule has 1 rings (SSSR count). The van der Waals surface area contributed by atoms with Gasteiger partial charge in [0.25, 0.3) is 0 Å². The molecule has 0 aliphatic rings. The molecule has 4 heteroatoms. The van der Waals surface area contributed by atoms with E-state index >= 15 is 0 Å². The van der Waals surface area contributed by atoms with Crippen LogP contribution in [0, 0.1) is 0 Å². The first-order valence-electron chi connectivity index (χ1n) is 5.88. The Bertz CT molecular complexity index is 325. The molecule has 94 valence electrons. The molecule has 0 saturated heterocycles. The maximum absolute atomic E-state index is 11.3. The van der Waals surface area contributed by atoms with Crippen LogP contribution in [0.4, 0.5) is 4.79 Å². The number of nitrogens with one attached hydrogen (secondary N) is 1. The number of amides is 1. The van der Waals surface area contributed by atoms with E-state index < -0.39 is 0 Å². The number of carbonyl (C=O) groups is 1. The number of rotatable bonds is 6. The largest absolute Gasteiger partial charge is 0.445 e. The van der Waals surface area contributed by atoms with Crippen LogP contribution in [0.3, 0.4) is 0 Å². The number of hydrogen-bond donors (Lipinski definition) is 2. The van der Waals surface area contributed by atoms with Gasteiger partial charge in [-0.3, -0.25) is 0 Å². The highest BCUT2D eigenvalue weighted by atomic mass is 16.5. The zero-order chi connectivity index (χ0) is 12.5. The number of hydrogen-bond acceptors (Lipinski definition) is 3. The maximum atomic E-state index is 11.3. The minimum Gasteiger partial charge on any atom is -0.445 e. The van der Waals surface area contributed by atoms with Gasteiger partial charge in [0, 0.05) is 12.6 Å². The molecule has 1 aromatic rings. The second kappa shape index (κ2) is 7.68. The van der Waals surface area contributed by atoms with E-state index in [-0.39, 0.29) is 12.1 Å². The third-order valence-corrected chi connectivity index (χ3v) is 2.32. The number of benzene rings is 1. The van der Waals surface area contributed by atoms with E-state index in [4.69, 9.17) is 10.5 Å². The molecule has 0 aliphatic carbocycles. The number of ether oxygens (including phenoxy) is 1. The minimum absolute atomic E-state index is 0.178. The van der Waals surface area contributed by atoms with Crippen LogP contribution in [0.2, 0.25) is 0 Å². The standard InChI is InChI=1S/C13H20N2O2/c1-11(14)6-5-9-15-13(16)17-10-12-7-3-2-4-8-12/h2-4,7-8,11H,5-6,9-10,14H2,1H3,(H,15,16). The summed E-state index contributed by atoms with van der Waals surface area (Å²) in [7, 11) is 0. The lowest BCUT2D eigenvalue weighted by atomic mass is 10.2. The molecular weight excluding hydrogens is 216 g/mol. The van der Waals surface area contributed by atoms with Crippen molar-refractivity contribution in [3.05, 3.63) is 35.9 Å². The van der Waals surface area contributed by atoms with Crippen LogP contribution in [0.1, 0.15) is 25.3 Å². The predicted molar refractivity (Wildman–Crippen MR) is 67.5 cm³/mol. The normalized spacial score (nSPS) is 11.9. The molecule has 1 unspecified atom stereocenters. The lowest BCUT2D eigenvalue weighted by molar-refractivity contribution is 0.139. The van der Waals surface area contributed by atoms with Crippen molar-refractivity contribution in [1.29, 1.82) is 0 Å². The Hall–Kier alpha value is -1.55. The summed E-state index contributed by atoms with van der Waals surface area (Å²) in [5.41, 5.74) is 6.58. The van der Waals surface area contributed by atoms with Gasteiger partial charge in [0.1, 0.15) is 6.61 Å². The molecule has 0 radical (unpaired) electrons. The molecule has 0 bridgehead atoms. The summed E-state index contributed by atoms with van der Waals surface area (Å²) in [5, 5.41) is 2.69. The number of nitrogens with two attached hydrogens (primary N) is 1. The Morgan fingerprint density at radius 1 is 1.41 bits per heavy atom. The van der Waals surface area contributed by atoms with Gasteiger partial charge in [0.15, 0.2) is 0 Å². The second-order valence-electron chi connectivity index (χ2n) is 4.11. The molecule has 1 amide bonds. The van der Waals surface area contributed by atoms with E-state index in [1.165, 1.54) is 0 Å². The summed E-state index contributed by atoms with van der Waals surface area (Å²) < 4.78 is 5.05. The van der Waals surface area contributed by atoms with E-state index in [9.17, 15) is 4.79 Å². The Labute approximate surface area is 102 Å². The molecule has 1 aromatic carbocycles. The molecule has 0 saturated carbocycles. The van der Waals surface area contributed by atoms with Gasteiger partial charge in [-0.2, -0.15) is 0 Å². The first-order valence-corrected chi connectivity index (χ1v) is 5.88. The van der Waals surface area contributed by atoms with Gasteiger partial charge >= 0.3 is 6.09 Å². The van der Waals surface area contributed by atoms with Gasteiger partial charge in [0.2, 0.25) is 0 Å². The fourth-order valence-corrected chi connectivity index (χ4v) is 1.39. The zero-order valence-corrected chi connectivity index (χ0v) is 10.2. The van der Waals surface area contributed by atoms with Crippen molar-refractivity contribution in [2.45, 2.75) is 32.4 Å². The molecule has 0 spiro atoms. The Morgan fingerprint density at radius 2 is 2.12 bits per heavy atom. The first-order chi connectivity index (χ1) is 8.18. The van der Waals surface area contributed by atoms with Crippen LogP contribution in [0.15, 0.2) is 30.3 Å². The van der Waals surface area contributed by atoms with Gasteiger partial charge in [0.05, 0.1) is 0 Å². The van der Waals surface area contributed by atoms with Crippen LogP contribution in [0.5, 0.6) is 0 Å². The Kier molecular flexibility index (Phi) is 6.10. The Morgan fingerprint density at radius 3 is 2.76 bits per heavy atom. The van der Waals surface area contributed by atoms with Crippen molar-refractivity contribution in [2.24, 2.45) is 5.73 Å². The van der Waals surface area contributed by atoms with Crippen molar-refractivity contribution >= 4 is 6.09 Å². The Balaban J connectivity index is 2.09. The topological polar surface area (TPSA) is 64.3 Å². The quantitative estimate of drug-likeness (QED) is 0.743. The predicted octanol–water partition coefficient (Wildman–Crippen LogP) is 2.04. The molecule has 0 aromatic heterocycles. The van der Waals surface area contributed by atoms with Crippen molar-refractivity contribution < 1.29 is 9.53 Å². The van der Waals surface area contributed by atoms with E-state index in [0.29, 0.717) is 13.2 Å². The molecule has 0 heterocycles. The van der Waals surface area contributed by atoms with E-state index in [2.05, 4.69) is 5.32 Å². The maximum Gasteiger partial charge on any atom is 0.407 e. The molecule has 4 nitrogen and oxygen atoms in total.